The van der Waals surface area contributed by atoms with E-state index in [9.17, 15) is 14.0 Å². The molecule has 0 aromatic heterocycles. The van der Waals surface area contributed by atoms with Crippen molar-refractivity contribution in [1.82, 2.24) is 9.80 Å². The van der Waals surface area contributed by atoms with Crippen LogP contribution in [-0.2, 0) is 16.0 Å². The molecule has 1 unspecified atom stereocenters. The largest absolute Gasteiger partial charge is 0.491 e. The maximum atomic E-state index is 14.1. The van der Waals surface area contributed by atoms with Gasteiger partial charge in [0, 0.05) is 18.7 Å². The zero-order chi connectivity index (χ0) is 24.1. The first-order valence-electron chi connectivity index (χ1n) is 12.1. The van der Waals surface area contributed by atoms with E-state index in [2.05, 4.69) is 6.07 Å². The highest BCUT2D eigenvalue weighted by atomic mass is 19.1. The lowest BCUT2D eigenvalue weighted by molar-refractivity contribution is -0.170. The Kier molecular flexibility index (Phi) is 7.51. The van der Waals surface area contributed by atoms with Crippen molar-refractivity contribution in [3.05, 3.63) is 65.0 Å². The highest BCUT2D eigenvalue weighted by Crippen LogP contribution is 2.30. The SMILES string of the molecule is CCN1CCOc2ccccc2CCCCC2(CN(C(=O)c3ccc(C)c(F)c3)CCO2)C1=O. The van der Waals surface area contributed by atoms with E-state index in [1.165, 1.54) is 6.07 Å². The Balaban J connectivity index is 1.57. The standard InChI is InChI=1S/C27H33FN2O4/c1-3-29-14-16-33-24-10-5-4-8-21(24)9-6-7-13-27(26(29)32)19-30(15-17-34-27)25(31)22-12-11-20(2)23(28)18-22/h4-5,8,10-12,18H,3,6-7,9,13-17,19H2,1-2H3. The highest BCUT2D eigenvalue weighted by Gasteiger charge is 2.46. The molecule has 0 bridgehead atoms. The highest BCUT2D eigenvalue weighted by molar-refractivity contribution is 5.95. The number of hydrogen-bond donors (Lipinski definition) is 0. The fraction of sp³-hybridized carbons (Fsp3) is 0.481. The first-order chi connectivity index (χ1) is 16.4. The van der Waals surface area contributed by atoms with Crippen LogP contribution in [0.15, 0.2) is 42.5 Å². The van der Waals surface area contributed by atoms with Crippen molar-refractivity contribution in [3.8, 4) is 5.75 Å². The monoisotopic (exact) mass is 468 g/mol. The minimum atomic E-state index is -1.11. The lowest BCUT2D eigenvalue weighted by Crippen LogP contribution is -2.62. The molecule has 2 aromatic rings. The lowest BCUT2D eigenvalue weighted by Gasteiger charge is -2.44. The number of halogens is 1. The van der Waals surface area contributed by atoms with Gasteiger partial charge in [0.1, 0.15) is 18.2 Å². The van der Waals surface area contributed by atoms with E-state index >= 15 is 0 Å². The number of morpholine rings is 1. The van der Waals surface area contributed by atoms with Crippen LogP contribution in [0.5, 0.6) is 5.75 Å². The van der Waals surface area contributed by atoms with E-state index in [0.717, 1.165) is 30.6 Å². The van der Waals surface area contributed by atoms with Crippen LogP contribution >= 0.6 is 0 Å². The van der Waals surface area contributed by atoms with Crippen LogP contribution in [0, 0.1) is 12.7 Å². The van der Waals surface area contributed by atoms with E-state index in [1.807, 2.05) is 25.1 Å². The number of aryl methyl sites for hydroxylation is 2. The topological polar surface area (TPSA) is 59.1 Å². The molecule has 2 aromatic carbocycles. The Hall–Kier alpha value is -2.93. The van der Waals surface area contributed by atoms with Crippen LogP contribution in [0.4, 0.5) is 4.39 Å². The van der Waals surface area contributed by atoms with Crippen molar-refractivity contribution < 1.29 is 23.5 Å². The average Bonchev–Trinajstić information content (AvgIpc) is 2.85. The number of ether oxygens (including phenoxy) is 2. The molecule has 2 amide bonds. The van der Waals surface area contributed by atoms with Crippen LogP contribution in [-0.4, -0.2) is 66.6 Å². The maximum Gasteiger partial charge on any atom is 0.256 e. The molecule has 0 aliphatic carbocycles. The number of rotatable bonds is 2. The third-order valence-corrected chi connectivity index (χ3v) is 6.82. The van der Waals surface area contributed by atoms with E-state index in [0.29, 0.717) is 38.2 Å². The Morgan fingerprint density at radius 1 is 1.12 bits per heavy atom. The second kappa shape index (κ2) is 10.6. The van der Waals surface area contributed by atoms with E-state index < -0.39 is 11.4 Å². The Bertz CT molecular complexity index is 1040. The fourth-order valence-electron chi connectivity index (χ4n) is 4.79. The summed E-state index contributed by atoms with van der Waals surface area (Å²) in [5, 5.41) is 0. The molecule has 1 atom stereocenters. The zero-order valence-corrected chi connectivity index (χ0v) is 20.0. The molecule has 182 valence electrons. The summed E-state index contributed by atoms with van der Waals surface area (Å²) in [4.78, 5) is 30.4. The molecule has 0 saturated carbocycles. The Morgan fingerprint density at radius 3 is 2.74 bits per heavy atom. The summed E-state index contributed by atoms with van der Waals surface area (Å²) in [6, 6.07) is 12.5. The number of para-hydroxylation sites is 1. The number of fused-ring (bicyclic) bond motifs is 1. The molecule has 6 nitrogen and oxygen atoms in total. The van der Waals surface area contributed by atoms with Crippen molar-refractivity contribution in [2.45, 2.75) is 45.1 Å². The number of likely N-dealkylation sites (N-methyl/N-ethyl adjacent to an activating group) is 1. The molecule has 1 fully saturated rings. The minimum absolute atomic E-state index is 0.111. The quantitative estimate of drug-likeness (QED) is 0.669. The number of amides is 2. The van der Waals surface area contributed by atoms with Crippen LogP contribution in [0.1, 0.15) is 47.7 Å². The maximum absolute atomic E-state index is 14.1. The van der Waals surface area contributed by atoms with Crippen LogP contribution in [0.2, 0.25) is 0 Å². The molecule has 0 N–H and O–H groups in total. The predicted octanol–water partition coefficient (Wildman–Crippen LogP) is 4.00. The molecule has 4 rings (SSSR count). The number of nitrogens with zero attached hydrogens (tertiary/aromatic N) is 2. The van der Waals surface area contributed by atoms with Crippen molar-refractivity contribution in [2.24, 2.45) is 0 Å². The summed E-state index contributed by atoms with van der Waals surface area (Å²) in [5.41, 5.74) is 0.838. The van der Waals surface area contributed by atoms with Crippen molar-refractivity contribution in [3.63, 3.8) is 0 Å². The van der Waals surface area contributed by atoms with Gasteiger partial charge in [-0.1, -0.05) is 24.3 Å². The normalized spacial score (nSPS) is 21.9. The molecule has 2 aliphatic rings. The second-order valence-corrected chi connectivity index (χ2v) is 9.08. The van der Waals surface area contributed by atoms with E-state index in [-0.39, 0.29) is 30.5 Å². The van der Waals surface area contributed by atoms with Gasteiger partial charge in [-0.25, -0.2) is 4.39 Å². The Morgan fingerprint density at radius 2 is 1.94 bits per heavy atom. The third kappa shape index (κ3) is 5.09. The lowest BCUT2D eigenvalue weighted by atomic mass is 9.90. The third-order valence-electron chi connectivity index (χ3n) is 6.82. The average molecular weight is 469 g/mol. The van der Waals surface area contributed by atoms with Gasteiger partial charge in [-0.2, -0.15) is 0 Å². The van der Waals surface area contributed by atoms with Crippen molar-refractivity contribution >= 4 is 11.8 Å². The van der Waals surface area contributed by atoms with Crippen molar-refractivity contribution in [2.75, 3.05) is 39.4 Å². The molecule has 1 spiro atoms. The second-order valence-electron chi connectivity index (χ2n) is 9.08. The smallest absolute Gasteiger partial charge is 0.256 e. The predicted molar refractivity (Wildman–Crippen MR) is 127 cm³/mol. The van der Waals surface area contributed by atoms with Gasteiger partial charge in [0.15, 0.2) is 5.60 Å². The fourth-order valence-corrected chi connectivity index (χ4v) is 4.79. The van der Waals surface area contributed by atoms with Gasteiger partial charge in [0.2, 0.25) is 0 Å². The summed E-state index contributed by atoms with van der Waals surface area (Å²) < 4.78 is 26.3. The van der Waals surface area contributed by atoms with Crippen LogP contribution < -0.4 is 4.74 Å². The van der Waals surface area contributed by atoms with Crippen LogP contribution in [0.25, 0.3) is 0 Å². The molecular weight excluding hydrogens is 435 g/mol. The number of hydrogen-bond acceptors (Lipinski definition) is 4. The first kappa shape index (κ1) is 24.2. The van der Waals surface area contributed by atoms with E-state index in [4.69, 9.17) is 9.47 Å². The molecular formula is C27H33FN2O4. The van der Waals surface area contributed by atoms with Gasteiger partial charge < -0.3 is 19.3 Å². The summed E-state index contributed by atoms with van der Waals surface area (Å²) >= 11 is 0. The minimum Gasteiger partial charge on any atom is -0.491 e. The van der Waals surface area contributed by atoms with Gasteiger partial charge in [0.25, 0.3) is 11.8 Å². The number of carbonyl (C=O) groups excluding carboxylic acids is 2. The molecule has 0 radical (unpaired) electrons. The Labute approximate surface area is 200 Å². The number of benzene rings is 2. The van der Waals surface area contributed by atoms with Crippen LogP contribution in [0.3, 0.4) is 0 Å². The molecule has 2 heterocycles. The van der Waals surface area contributed by atoms with Gasteiger partial charge in [-0.05, 0) is 68.9 Å². The van der Waals surface area contributed by atoms with Gasteiger partial charge in [-0.15, -0.1) is 0 Å². The summed E-state index contributed by atoms with van der Waals surface area (Å²) in [6.07, 6.45) is 3.03. The summed E-state index contributed by atoms with van der Waals surface area (Å²) in [7, 11) is 0. The summed E-state index contributed by atoms with van der Waals surface area (Å²) in [5.74, 6) is 0.0755. The van der Waals surface area contributed by atoms with Gasteiger partial charge >= 0.3 is 0 Å². The van der Waals surface area contributed by atoms with Gasteiger partial charge in [0.05, 0.1) is 19.7 Å². The van der Waals surface area contributed by atoms with Crippen molar-refractivity contribution in [1.29, 1.82) is 0 Å². The summed E-state index contributed by atoms with van der Waals surface area (Å²) in [6.45, 7) is 5.74. The zero-order valence-electron chi connectivity index (χ0n) is 20.0. The van der Waals surface area contributed by atoms with E-state index in [1.54, 1.807) is 28.9 Å². The molecule has 1 saturated heterocycles. The molecule has 2 aliphatic heterocycles. The molecule has 7 heteroatoms. The molecule has 34 heavy (non-hydrogen) atoms. The van der Waals surface area contributed by atoms with Gasteiger partial charge in [-0.3, -0.25) is 9.59 Å². The first-order valence-corrected chi connectivity index (χ1v) is 12.1. The number of carbonyl (C=O) groups is 2.